The summed E-state index contributed by atoms with van der Waals surface area (Å²) in [6.45, 7) is 6.54. The maximum absolute atomic E-state index is 12.6. The van der Waals surface area contributed by atoms with Crippen molar-refractivity contribution in [3.8, 4) is 0 Å². The number of aliphatic carboxylic acids is 1. The number of carboxylic acid groups (broad SMARTS) is 1. The van der Waals surface area contributed by atoms with Crippen molar-refractivity contribution >= 4 is 12.0 Å². The van der Waals surface area contributed by atoms with Gasteiger partial charge in [-0.1, -0.05) is 6.92 Å². The Labute approximate surface area is 120 Å². The summed E-state index contributed by atoms with van der Waals surface area (Å²) < 4.78 is 0. The molecule has 114 valence electrons. The minimum absolute atomic E-state index is 0.110. The molecule has 0 aromatic rings. The highest BCUT2D eigenvalue weighted by molar-refractivity contribution is 5.75. The van der Waals surface area contributed by atoms with Crippen LogP contribution in [0.5, 0.6) is 0 Å². The fraction of sp³-hybridized carbons (Fsp3) is 0.867. The number of rotatable bonds is 2. The van der Waals surface area contributed by atoms with Gasteiger partial charge in [-0.25, -0.2) is 4.79 Å². The molecule has 0 bridgehead atoms. The van der Waals surface area contributed by atoms with Gasteiger partial charge in [-0.15, -0.1) is 0 Å². The van der Waals surface area contributed by atoms with E-state index in [0.29, 0.717) is 12.5 Å². The number of amides is 2. The number of hydrogen-bond acceptors (Lipinski definition) is 2. The van der Waals surface area contributed by atoms with Crippen molar-refractivity contribution in [1.82, 2.24) is 9.80 Å². The van der Waals surface area contributed by atoms with Crippen molar-refractivity contribution in [2.45, 2.75) is 52.0 Å². The fourth-order valence-electron chi connectivity index (χ4n) is 3.44. The Morgan fingerprint density at radius 2 is 1.85 bits per heavy atom. The number of carbonyl (C=O) groups is 2. The highest BCUT2D eigenvalue weighted by Crippen LogP contribution is 2.26. The number of likely N-dealkylation sites (tertiary alicyclic amines) is 2. The zero-order valence-corrected chi connectivity index (χ0v) is 12.5. The van der Waals surface area contributed by atoms with Gasteiger partial charge in [0.05, 0.1) is 0 Å². The molecule has 0 aliphatic carbocycles. The van der Waals surface area contributed by atoms with Crippen molar-refractivity contribution in [1.29, 1.82) is 0 Å². The highest BCUT2D eigenvalue weighted by atomic mass is 16.4. The molecule has 0 aromatic heterocycles. The van der Waals surface area contributed by atoms with Crippen molar-refractivity contribution in [3.05, 3.63) is 0 Å². The Hall–Kier alpha value is -1.26. The first-order valence-electron chi connectivity index (χ1n) is 7.76. The largest absolute Gasteiger partial charge is 0.481 e. The third-order valence-electron chi connectivity index (χ3n) is 4.87. The molecule has 2 aliphatic heterocycles. The second-order valence-corrected chi connectivity index (χ2v) is 6.39. The molecule has 20 heavy (non-hydrogen) atoms. The lowest BCUT2D eigenvalue weighted by Gasteiger charge is -2.42. The molecule has 0 radical (unpaired) electrons. The van der Waals surface area contributed by atoms with Crippen LogP contribution in [-0.4, -0.2) is 52.6 Å². The lowest BCUT2D eigenvalue weighted by atomic mass is 9.92. The van der Waals surface area contributed by atoms with Crippen LogP contribution in [0.1, 0.15) is 46.0 Å². The molecule has 2 rings (SSSR count). The van der Waals surface area contributed by atoms with Crippen LogP contribution in [0.3, 0.4) is 0 Å². The molecule has 0 spiro atoms. The average molecular weight is 282 g/mol. The van der Waals surface area contributed by atoms with Gasteiger partial charge in [0.2, 0.25) is 0 Å². The van der Waals surface area contributed by atoms with Crippen LogP contribution in [0.15, 0.2) is 0 Å². The number of carbonyl (C=O) groups excluding carboxylic acids is 1. The topological polar surface area (TPSA) is 60.9 Å². The minimum Gasteiger partial charge on any atom is -0.481 e. The summed E-state index contributed by atoms with van der Waals surface area (Å²) in [5.41, 5.74) is 0. The third kappa shape index (κ3) is 3.44. The lowest BCUT2D eigenvalue weighted by molar-refractivity contribution is -0.138. The van der Waals surface area contributed by atoms with E-state index in [1.54, 1.807) is 0 Å². The summed E-state index contributed by atoms with van der Waals surface area (Å²) in [5.74, 6) is -0.0979. The second-order valence-electron chi connectivity index (χ2n) is 6.39. The fourth-order valence-corrected chi connectivity index (χ4v) is 3.44. The van der Waals surface area contributed by atoms with Gasteiger partial charge in [0.15, 0.2) is 0 Å². The van der Waals surface area contributed by atoms with E-state index in [0.717, 1.165) is 32.4 Å². The minimum atomic E-state index is -0.760. The van der Waals surface area contributed by atoms with Crippen LogP contribution in [0.25, 0.3) is 0 Å². The van der Waals surface area contributed by atoms with E-state index in [1.165, 1.54) is 6.42 Å². The lowest BCUT2D eigenvalue weighted by Crippen LogP contribution is -2.53. The highest BCUT2D eigenvalue weighted by Gasteiger charge is 2.33. The molecule has 2 aliphatic rings. The zero-order chi connectivity index (χ0) is 14.7. The summed E-state index contributed by atoms with van der Waals surface area (Å²) in [5, 5.41) is 8.90. The van der Waals surface area contributed by atoms with Gasteiger partial charge in [-0.05, 0) is 44.4 Å². The monoisotopic (exact) mass is 282 g/mol. The second kappa shape index (κ2) is 6.46. The number of hydrogen-bond donors (Lipinski definition) is 1. The number of piperidine rings is 2. The summed E-state index contributed by atoms with van der Waals surface area (Å²) in [4.78, 5) is 27.3. The van der Waals surface area contributed by atoms with E-state index in [4.69, 9.17) is 5.11 Å². The molecule has 3 atom stereocenters. The first kappa shape index (κ1) is 15.1. The van der Waals surface area contributed by atoms with E-state index in [1.807, 2.05) is 9.80 Å². The van der Waals surface area contributed by atoms with E-state index in [2.05, 4.69) is 13.8 Å². The van der Waals surface area contributed by atoms with Crippen molar-refractivity contribution in [3.63, 3.8) is 0 Å². The average Bonchev–Trinajstić information content (AvgIpc) is 2.41. The summed E-state index contributed by atoms with van der Waals surface area (Å²) in [6.07, 6.45) is 4.27. The Morgan fingerprint density at radius 3 is 2.55 bits per heavy atom. The maximum Gasteiger partial charge on any atom is 0.320 e. The van der Waals surface area contributed by atoms with Gasteiger partial charge in [0, 0.05) is 32.1 Å². The predicted octanol–water partition coefficient (Wildman–Crippen LogP) is 2.41. The van der Waals surface area contributed by atoms with Crippen molar-refractivity contribution in [2.75, 3.05) is 19.6 Å². The van der Waals surface area contributed by atoms with E-state index in [9.17, 15) is 9.59 Å². The molecule has 3 unspecified atom stereocenters. The quantitative estimate of drug-likeness (QED) is 0.846. The molecular weight excluding hydrogens is 256 g/mol. The molecule has 2 fully saturated rings. The predicted molar refractivity (Wildman–Crippen MR) is 76.5 cm³/mol. The van der Waals surface area contributed by atoms with Crippen LogP contribution in [0.4, 0.5) is 4.79 Å². The SMILES string of the molecule is CC1CCCN(C(=O)N2CCCC(CC(=O)O)C2)C1C. The zero-order valence-electron chi connectivity index (χ0n) is 12.5. The van der Waals surface area contributed by atoms with Gasteiger partial charge in [0.1, 0.15) is 0 Å². The van der Waals surface area contributed by atoms with Gasteiger partial charge >= 0.3 is 12.0 Å². The molecule has 5 nitrogen and oxygen atoms in total. The molecule has 2 amide bonds. The van der Waals surface area contributed by atoms with Gasteiger partial charge in [-0.3, -0.25) is 4.79 Å². The Kier molecular flexibility index (Phi) is 4.89. The molecule has 2 saturated heterocycles. The Balaban J connectivity index is 1.95. The summed E-state index contributed by atoms with van der Waals surface area (Å²) in [7, 11) is 0. The molecule has 0 saturated carbocycles. The van der Waals surface area contributed by atoms with Gasteiger partial charge in [-0.2, -0.15) is 0 Å². The van der Waals surface area contributed by atoms with Gasteiger partial charge < -0.3 is 14.9 Å². The van der Waals surface area contributed by atoms with Crippen LogP contribution in [0.2, 0.25) is 0 Å². The standard InChI is InChI=1S/C15H26N2O3/c1-11-5-3-8-17(12(11)2)15(20)16-7-4-6-13(10-16)9-14(18)19/h11-13H,3-10H2,1-2H3,(H,18,19). The van der Waals surface area contributed by atoms with Crippen molar-refractivity contribution < 1.29 is 14.7 Å². The molecule has 2 heterocycles. The summed E-state index contributed by atoms with van der Waals surface area (Å²) >= 11 is 0. The van der Waals surface area contributed by atoms with Crippen LogP contribution in [0, 0.1) is 11.8 Å². The van der Waals surface area contributed by atoms with E-state index in [-0.39, 0.29) is 24.4 Å². The van der Waals surface area contributed by atoms with Crippen LogP contribution in [-0.2, 0) is 4.79 Å². The Morgan fingerprint density at radius 1 is 1.15 bits per heavy atom. The Bertz CT molecular complexity index is 372. The first-order valence-corrected chi connectivity index (χ1v) is 7.76. The van der Waals surface area contributed by atoms with E-state index < -0.39 is 5.97 Å². The maximum atomic E-state index is 12.6. The number of carboxylic acids is 1. The van der Waals surface area contributed by atoms with Crippen LogP contribution < -0.4 is 0 Å². The third-order valence-corrected chi connectivity index (χ3v) is 4.87. The van der Waals surface area contributed by atoms with Gasteiger partial charge in [0.25, 0.3) is 0 Å². The molecule has 0 aromatic carbocycles. The van der Waals surface area contributed by atoms with Crippen molar-refractivity contribution in [2.24, 2.45) is 11.8 Å². The molecular formula is C15H26N2O3. The molecule has 5 heteroatoms. The van der Waals surface area contributed by atoms with E-state index >= 15 is 0 Å². The normalized spacial score (nSPS) is 31.2. The van der Waals surface area contributed by atoms with Crippen LogP contribution >= 0.6 is 0 Å². The number of urea groups is 1. The molecule has 1 N–H and O–H groups in total. The first-order chi connectivity index (χ1) is 9.49. The summed E-state index contributed by atoms with van der Waals surface area (Å²) in [6, 6.07) is 0.398. The smallest absolute Gasteiger partial charge is 0.320 e. The number of nitrogens with zero attached hydrogens (tertiary/aromatic N) is 2.